The Morgan fingerprint density at radius 1 is 1.50 bits per heavy atom. The maximum absolute atomic E-state index is 6.22. The van der Waals surface area contributed by atoms with E-state index in [1.165, 1.54) is 5.56 Å². The zero-order valence-electron chi connectivity index (χ0n) is 9.53. The first-order valence-corrected chi connectivity index (χ1v) is 6.58. The van der Waals surface area contributed by atoms with Gasteiger partial charge in [0.1, 0.15) is 0 Å². The van der Waals surface area contributed by atoms with Gasteiger partial charge in [-0.2, -0.15) is 0 Å². The van der Waals surface area contributed by atoms with E-state index in [-0.39, 0.29) is 12.1 Å². The standard InChI is InChI=1S/C13H18BrNO/c1-9-6-7-16-13(9)12(15)8-10-4-2-3-5-11(10)14/h2-5,9,12-13H,6-8,15H2,1H3. The van der Waals surface area contributed by atoms with Crippen LogP contribution in [0.25, 0.3) is 0 Å². The van der Waals surface area contributed by atoms with Crippen molar-refractivity contribution in [3.05, 3.63) is 34.3 Å². The molecule has 3 heteroatoms. The third kappa shape index (κ3) is 2.65. The van der Waals surface area contributed by atoms with E-state index in [4.69, 9.17) is 10.5 Å². The Labute approximate surface area is 105 Å². The van der Waals surface area contributed by atoms with Crippen molar-refractivity contribution in [1.29, 1.82) is 0 Å². The summed E-state index contributed by atoms with van der Waals surface area (Å²) in [5.41, 5.74) is 7.49. The lowest BCUT2D eigenvalue weighted by Crippen LogP contribution is -2.39. The highest BCUT2D eigenvalue weighted by molar-refractivity contribution is 9.10. The average Bonchev–Trinajstić information content (AvgIpc) is 2.68. The lowest BCUT2D eigenvalue weighted by Gasteiger charge is -2.22. The molecule has 3 unspecified atom stereocenters. The first-order chi connectivity index (χ1) is 7.68. The van der Waals surface area contributed by atoms with E-state index in [1.54, 1.807) is 0 Å². The van der Waals surface area contributed by atoms with Crippen molar-refractivity contribution < 1.29 is 4.74 Å². The summed E-state index contributed by atoms with van der Waals surface area (Å²) in [5, 5.41) is 0. The zero-order chi connectivity index (χ0) is 11.5. The minimum Gasteiger partial charge on any atom is -0.376 e. The van der Waals surface area contributed by atoms with Crippen LogP contribution in [0.5, 0.6) is 0 Å². The maximum Gasteiger partial charge on any atom is 0.0755 e. The molecule has 0 aliphatic carbocycles. The van der Waals surface area contributed by atoms with E-state index in [0.29, 0.717) is 5.92 Å². The molecule has 1 aromatic rings. The molecule has 1 aliphatic rings. The van der Waals surface area contributed by atoms with Crippen LogP contribution in [0.15, 0.2) is 28.7 Å². The van der Waals surface area contributed by atoms with Gasteiger partial charge in [-0.05, 0) is 30.4 Å². The van der Waals surface area contributed by atoms with Crippen LogP contribution in [0.3, 0.4) is 0 Å². The fourth-order valence-electron chi connectivity index (χ4n) is 2.30. The van der Waals surface area contributed by atoms with Crippen LogP contribution in [-0.4, -0.2) is 18.8 Å². The van der Waals surface area contributed by atoms with E-state index in [0.717, 1.165) is 23.9 Å². The van der Waals surface area contributed by atoms with Gasteiger partial charge in [-0.15, -0.1) is 0 Å². The van der Waals surface area contributed by atoms with Gasteiger partial charge < -0.3 is 10.5 Å². The summed E-state index contributed by atoms with van der Waals surface area (Å²) in [6.07, 6.45) is 2.22. The van der Waals surface area contributed by atoms with Crippen molar-refractivity contribution in [3.8, 4) is 0 Å². The summed E-state index contributed by atoms with van der Waals surface area (Å²) in [4.78, 5) is 0. The van der Waals surface area contributed by atoms with Gasteiger partial charge >= 0.3 is 0 Å². The minimum absolute atomic E-state index is 0.0937. The molecule has 1 saturated heterocycles. The first kappa shape index (κ1) is 12.1. The van der Waals surface area contributed by atoms with Crippen LogP contribution < -0.4 is 5.73 Å². The van der Waals surface area contributed by atoms with Crippen molar-refractivity contribution in [2.75, 3.05) is 6.61 Å². The van der Waals surface area contributed by atoms with Crippen LogP contribution in [0, 0.1) is 5.92 Å². The van der Waals surface area contributed by atoms with Crippen LogP contribution in [0.4, 0.5) is 0 Å². The third-order valence-electron chi connectivity index (χ3n) is 3.28. The molecule has 88 valence electrons. The molecule has 2 N–H and O–H groups in total. The molecule has 2 rings (SSSR count). The second-order valence-electron chi connectivity index (χ2n) is 4.56. The number of rotatable bonds is 3. The lowest BCUT2D eigenvalue weighted by atomic mass is 9.94. The van der Waals surface area contributed by atoms with Crippen molar-refractivity contribution in [1.82, 2.24) is 0 Å². The SMILES string of the molecule is CC1CCOC1C(N)Cc1ccccc1Br. The summed E-state index contributed by atoms with van der Waals surface area (Å²) < 4.78 is 6.83. The lowest BCUT2D eigenvalue weighted by molar-refractivity contribution is 0.0726. The second-order valence-corrected chi connectivity index (χ2v) is 5.42. The van der Waals surface area contributed by atoms with Gasteiger partial charge in [0.05, 0.1) is 6.10 Å². The molecule has 0 amide bonds. The molecule has 0 radical (unpaired) electrons. The van der Waals surface area contributed by atoms with Gasteiger partial charge in [-0.1, -0.05) is 41.1 Å². The molecule has 0 aromatic heterocycles. The van der Waals surface area contributed by atoms with Crippen molar-refractivity contribution in [2.45, 2.75) is 31.9 Å². The Hall–Kier alpha value is -0.380. The van der Waals surface area contributed by atoms with Crippen LogP contribution in [0.2, 0.25) is 0 Å². The van der Waals surface area contributed by atoms with Crippen molar-refractivity contribution >= 4 is 15.9 Å². The Kier molecular flexibility index (Phi) is 4.00. The largest absolute Gasteiger partial charge is 0.376 e. The van der Waals surface area contributed by atoms with E-state index < -0.39 is 0 Å². The highest BCUT2D eigenvalue weighted by Crippen LogP contribution is 2.25. The molecule has 0 saturated carbocycles. The van der Waals surface area contributed by atoms with Crippen molar-refractivity contribution in [2.24, 2.45) is 11.7 Å². The number of nitrogens with two attached hydrogens (primary N) is 1. The van der Waals surface area contributed by atoms with Crippen LogP contribution >= 0.6 is 15.9 Å². The van der Waals surface area contributed by atoms with E-state index in [2.05, 4.69) is 35.0 Å². The van der Waals surface area contributed by atoms with Gasteiger partial charge in [0.15, 0.2) is 0 Å². The molecule has 3 atom stereocenters. The Bertz CT molecular complexity index is 356. The van der Waals surface area contributed by atoms with Gasteiger partial charge in [0.25, 0.3) is 0 Å². The molecule has 1 heterocycles. The number of hydrogen-bond donors (Lipinski definition) is 1. The highest BCUT2D eigenvalue weighted by Gasteiger charge is 2.29. The number of benzene rings is 1. The van der Waals surface area contributed by atoms with Gasteiger partial charge in [0, 0.05) is 17.1 Å². The Morgan fingerprint density at radius 2 is 2.25 bits per heavy atom. The minimum atomic E-state index is 0.0937. The highest BCUT2D eigenvalue weighted by atomic mass is 79.9. The molecule has 1 aliphatic heterocycles. The van der Waals surface area contributed by atoms with E-state index >= 15 is 0 Å². The fourth-order valence-corrected chi connectivity index (χ4v) is 2.74. The van der Waals surface area contributed by atoms with Gasteiger partial charge in [-0.3, -0.25) is 0 Å². The molecule has 2 nitrogen and oxygen atoms in total. The van der Waals surface area contributed by atoms with Crippen LogP contribution in [0.1, 0.15) is 18.9 Å². The van der Waals surface area contributed by atoms with E-state index in [9.17, 15) is 0 Å². The third-order valence-corrected chi connectivity index (χ3v) is 4.05. The molecule has 0 spiro atoms. The number of hydrogen-bond acceptors (Lipinski definition) is 2. The zero-order valence-corrected chi connectivity index (χ0v) is 11.1. The second kappa shape index (κ2) is 5.30. The Morgan fingerprint density at radius 3 is 2.88 bits per heavy atom. The molecule has 16 heavy (non-hydrogen) atoms. The summed E-state index contributed by atoms with van der Waals surface area (Å²) in [5.74, 6) is 0.581. The normalized spacial score (nSPS) is 26.9. The fraction of sp³-hybridized carbons (Fsp3) is 0.538. The summed E-state index contributed by atoms with van der Waals surface area (Å²) in [6, 6.07) is 8.33. The first-order valence-electron chi connectivity index (χ1n) is 5.79. The van der Waals surface area contributed by atoms with Crippen LogP contribution in [-0.2, 0) is 11.2 Å². The predicted octanol–water partition coefficient (Wildman–Crippen LogP) is 2.74. The average molecular weight is 284 g/mol. The maximum atomic E-state index is 6.22. The van der Waals surface area contributed by atoms with Crippen molar-refractivity contribution in [3.63, 3.8) is 0 Å². The monoisotopic (exact) mass is 283 g/mol. The molecular formula is C13H18BrNO. The molecular weight excluding hydrogens is 266 g/mol. The molecule has 1 aromatic carbocycles. The van der Waals surface area contributed by atoms with E-state index in [1.807, 2.05) is 12.1 Å². The van der Waals surface area contributed by atoms with Gasteiger partial charge in [0.2, 0.25) is 0 Å². The molecule has 0 bridgehead atoms. The number of halogens is 1. The number of ether oxygens (including phenoxy) is 1. The Balaban J connectivity index is 2.02. The smallest absolute Gasteiger partial charge is 0.0755 e. The topological polar surface area (TPSA) is 35.2 Å². The molecule has 1 fully saturated rings. The van der Waals surface area contributed by atoms with Gasteiger partial charge in [-0.25, -0.2) is 0 Å². The summed E-state index contributed by atoms with van der Waals surface area (Å²) in [6.45, 7) is 3.08. The summed E-state index contributed by atoms with van der Waals surface area (Å²) in [7, 11) is 0. The summed E-state index contributed by atoms with van der Waals surface area (Å²) >= 11 is 3.55. The predicted molar refractivity (Wildman–Crippen MR) is 69.3 cm³/mol. The quantitative estimate of drug-likeness (QED) is 0.926.